The van der Waals surface area contributed by atoms with Crippen molar-refractivity contribution in [3.63, 3.8) is 0 Å². The van der Waals surface area contributed by atoms with E-state index in [9.17, 15) is 0 Å². The maximum Gasteiger partial charge on any atom is 0.264 e. The molecule has 0 atom stereocenters. The van der Waals surface area contributed by atoms with Crippen LogP contribution in [0, 0.1) is 0 Å². The molecule has 1 heterocycles. The standard InChI is InChI=1S/C18H20N6S/c1-2-16(15-11-7-4-8-12-15)20-21-17-22-23-18(24(17)19)25-13-14-9-5-3-6-10-14/h3-12H,2,13,19H2,1H3,(H,21,22)/b20-16-. The third-order valence-electron chi connectivity index (χ3n) is 3.61. The van der Waals surface area contributed by atoms with Crippen LogP contribution in [-0.2, 0) is 5.75 Å². The van der Waals surface area contributed by atoms with Gasteiger partial charge >= 0.3 is 0 Å². The van der Waals surface area contributed by atoms with Gasteiger partial charge in [-0.1, -0.05) is 79.3 Å². The summed E-state index contributed by atoms with van der Waals surface area (Å²) in [7, 11) is 0. The number of nitrogens with two attached hydrogens (primary N) is 1. The second kappa shape index (κ2) is 8.34. The molecule has 128 valence electrons. The number of nitrogens with zero attached hydrogens (tertiary/aromatic N) is 4. The molecule has 0 amide bonds. The van der Waals surface area contributed by atoms with E-state index in [0.717, 1.165) is 23.4 Å². The Labute approximate surface area is 151 Å². The third kappa shape index (κ3) is 4.39. The van der Waals surface area contributed by atoms with Crippen LogP contribution in [0.3, 0.4) is 0 Å². The van der Waals surface area contributed by atoms with Crippen molar-refractivity contribution >= 4 is 23.4 Å². The molecule has 3 aromatic rings. The smallest absolute Gasteiger partial charge is 0.264 e. The number of thioether (sulfide) groups is 1. The zero-order chi connectivity index (χ0) is 17.5. The van der Waals surface area contributed by atoms with Crippen LogP contribution in [0.2, 0.25) is 0 Å². The number of hydrazone groups is 1. The van der Waals surface area contributed by atoms with Crippen LogP contribution in [-0.4, -0.2) is 20.6 Å². The number of rotatable bonds is 7. The van der Waals surface area contributed by atoms with Gasteiger partial charge in [0.25, 0.3) is 5.95 Å². The molecule has 1 aromatic heterocycles. The summed E-state index contributed by atoms with van der Waals surface area (Å²) in [5.41, 5.74) is 6.13. The summed E-state index contributed by atoms with van der Waals surface area (Å²) >= 11 is 1.53. The Balaban J connectivity index is 1.67. The SMILES string of the molecule is CC/C(=N/Nc1nnc(SCc2ccccc2)n1N)c1ccccc1. The molecule has 25 heavy (non-hydrogen) atoms. The fourth-order valence-electron chi connectivity index (χ4n) is 2.27. The first kappa shape index (κ1) is 17.0. The van der Waals surface area contributed by atoms with Crippen molar-refractivity contribution < 1.29 is 0 Å². The molecule has 0 radical (unpaired) electrons. The fraction of sp³-hybridized carbons (Fsp3) is 0.167. The normalized spacial score (nSPS) is 11.5. The lowest BCUT2D eigenvalue weighted by atomic mass is 10.1. The molecular formula is C18H20N6S. The minimum atomic E-state index is 0.414. The fourth-order valence-corrected chi connectivity index (χ4v) is 3.08. The van der Waals surface area contributed by atoms with Crippen molar-refractivity contribution in [2.75, 3.05) is 11.3 Å². The predicted molar refractivity (Wildman–Crippen MR) is 103 cm³/mol. The predicted octanol–water partition coefficient (Wildman–Crippen LogP) is 3.51. The highest BCUT2D eigenvalue weighted by atomic mass is 32.2. The maximum absolute atomic E-state index is 6.07. The van der Waals surface area contributed by atoms with Gasteiger partial charge in [0.15, 0.2) is 0 Å². The number of hydrogen-bond acceptors (Lipinski definition) is 6. The minimum absolute atomic E-state index is 0.414. The summed E-state index contributed by atoms with van der Waals surface area (Å²) < 4.78 is 1.43. The number of anilines is 1. The third-order valence-corrected chi connectivity index (χ3v) is 4.62. The Kier molecular flexibility index (Phi) is 5.69. The molecule has 3 N–H and O–H groups in total. The van der Waals surface area contributed by atoms with Crippen molar-refractivity contribution in [1.82, 2.24) is 14.9 Å². The summed E-state index contributed by atoms with van der Waals surface area (Å²) in [6.45, 7) is 2.06. The van der Waals surface area contributed by atoms with Crippen LogP contribution in [0.4, 0.5) is 5.95 Å². The molecule has 0 aliphatic rings. The monoisotopic (exact) mass is 352 g/mol. The second-order valence-electron chi connectivity index (χ2n) is 5.34. The molecule has 6 nitrogen and oxygen atoms in total. The van der Waals surface area contributed by atoms with Gasteiger partial charge in [-0.15, -0.1) is 10.2 Å². The van der Waals surface area contributed by atoms with Crippen molar-refractivity contribution in [3.05, 3.63) is 71.8 Å². The molecule has 2 aromatic carbocycles. The van der Waals surface area contributed by atoms with Crippen LogP contribution in [0.15, 0.2) is 70.9 Å². The topological polar surface area (TPSA) is 81.1 Å². The quantitative estimate of drug-likeness (QED) is 0.294. The summed E-state index contributed by atoms with van der Waals surface area (Å²) in [6, 6.07) is 20.2. The first-order valence-corrected chi connectivity index (χ1v) is 9.01. The molecule has 0 saturated carbocycles. The van der Waals surface area contributed by atoms with Gasteiger partial charge in [0.2, 0.25) is 5.16 Å². The van der Waals surface area contributed by atoms with Gasteiger partial charge < -0.3 is 5.84 Å². The lowest BCUT2D eigenvalue weighted by Crippen LogP contribution is -2.14. The average molecular weight is 352 g/mol. The lowest BCUT2D eigenvalue weighted by Gasteiger charge is -2.06. The minimum Gasteiger partial charge on any atom is -0.334 e. The summed E-state index contributed by atoms with van der Waals surface area (Å²) in [5, 5.41) is 13.3. The largest absolute Gasteiger partial charge is 0.334 e. The van der Waals surface area contributed by atoms with Gasteiger partial charge in [0.05, 0.1) is 5.71 Å². The number of hydrogen-bond donors (Lipinski definition) is 2. The zero-order valence-electron chi connectivity index (χ0n) is 14.0. The van der Waals surface area contributed by atoms with Crippen LogP contribution in [0.5, 0.6) is 0 Å². The molecule has 0 aliphatic carbocycles. The molecule has 0 unspecified atom stereocenters. The van der Waals surface area contributed by atoms with Crippen molar-refractivity contribution in [1.29, 1.82) is 0 Å². The number of nitrogens with one attached hydrogen (secondary N) is 1. The first-order chi connectivity index (χ1) is 12.3. The zero-order valence-corrected chi connectivity index (χ0v) is 14.8. The van der Waals surface area contributed by atoms with Gasteiger partial charge in [0, 0.05) is 5.75 Å². The van der Waals surface area contributed by atoms with E-state index in [0.29, 0.717) is 11.1 Å². The molecule has 3 rings (SSSR count). The van der Waals surface area contributed by atoms with Gasteiger partial charge in [-0.05, 0) is 17.5 Å². The Bertz CT molecular complexity index is 829. The van der Waals surface area contributed by atoms with E-state index in [1.165, 1.54) is 22.0 Å². The molecule has 0 spiro atoms. The van der Waals surface area contributed by atoms with Crippen molar-refractivity contribution in [3.8, 4) is 0 Å². The van der Waals surface area contributed by atoms with E-state index in [2.05, 4.69) is 39.8 Å². The summed E-state index contributed by atoms with van der Waals surface area (Å²) in [6.07, 6.45) is 0.797. The van der Waals surface area contributed by atoms with E-state index in [4.69, 9.17) is 5.84 Å². The highest BCUT2D eigenvalue weighted by Crippen LogP contribution is 2.21. The maximum atomic E-state index is 6.07. The molecule has 0 fully saturated rings. The van der Waals surface area contributed by atoms with Crippen molar-refractivity contribution in [2.45, 2.75) is 24.3 Å². The van der Waals surface area contributed by atoms with Crippen LogP contribution < -0.4 is 11.3 Å². The molecular weight excluding hydrogens is 332 g/mol. The van der Waals surface area contributed by atoms with E-state index < -0.39 is 0 Å². The lowest BCUT2D eigenvalue weighted by molar-refractivity contribution is 0.846. The van der Waals surface area contributed by atoms with Gasteiger partial charge in [-0.3, -0.25) is 0 Å². The Hall–Kier alpha value is -2.80. The Morgan fingerprint density at radius 1 is 1.08 bits per heavy atom. The van der Waals surface area contributed by atoms with E-state index in [1.807, 2.05) is 48.5 Å². The van der Waals surface area contributed by atoms with Crippen molar-refractivity contribution in [2.24, 2.45) is 5.10 Å². The Morgan fingerprint density at radius 2 is 1.76 bits per heavy atom. The number of aromatic nitrogens is 3. The highest BCUT2D eigenvalue weighted by molar-refractivity contribution is 7.98. The van der Waals surface area contributed by atoms with Crippen LogP contribution in [0.25, 0.3) is 0 Å². The Morgan fingerprint density at radius 3 is 2.44 bits per heavy atom. The van der Waals surface area contributed by atoms with E-state index in [1.54, 1.807) is 0 Å². The molecule has 0 aliphatic heterocycles. The van der Waals surface area contributed by atoms with Gasteiger partial charge in [-0.2, -0.15) is 5.10 Å². The summed E-state index contributed by atoms with van der Waals surface area (Å²) in [4.78, 5) is 0. The molecule has 7 heteroatoms. The highest BCUT2D eigenvalue weighted by Gasteiger charge is 2.10. The first-order valence-electron chi connectivity index (χ1n) is 8.03. The van der Waals surface area contributed by atoms with Gasteiger partial charge in [-0.25, -0.2) is 10.1 Å². The second-order valence-corrected chi connectivity index (χ2v) is 6.28. The summed E-state index contributed by atoms with van der Waals surface area (Å²) in [5.74, 6) is 7.27. The van der Waals surface area contributed by atoms with Crippen LogP contribution >= 0.6 is 11.8 Å². The van der Waals surface area contributed by atoms with Gasteiger partial charge in [0.1, 0.15) is 0 Å². The van der Waals surface area contributed by atoms with E-state index >= 15 is 0 Å². The molecule has 0 saturated heterocycles. The van der Waals surface area contributed by atoms with Crippen LogP contribution in [0.1, 0.15) is 24.5 Å². The van der Waals surface area contributed by atoms with E-state index in [-0.39, 0.29) is 0 Å². The average Bonchev–Trinajstić information content (AvgIpc) is 3.02. The number of benzene rings is 2. The number of nitrogen functional groups attached to an aromatic ring is 1. The molecule has 0 bridgehead atoms.